The van der Waals surface area contributed by atoms with Crippen molar-refractivity contribution in [2.45, 2.75) is 39.7 Å². The second-order valence-corrected chi connectivity index (χ2v) is 11.3. The van der Waals surface area contributed by atoms with Gasteiger partial charge in [-0.3, -0.25) is 0 Å². The first kappa shape index (κ1) is 30.2. The number of hydrogen-bond donors (Lipinski definition) is 2. The highest BCUT2D eigenvalue weighted by Crippen LogP contribution is 2.33. The van der Waals surface area contributed by atoms with Gasteiger partial charge in [0.2, 0.25) is 0 Å². The minimum atomic E-state index is -1.16. The van der Waals surface area contributed by atoms with E-state index in [1.807, 2.05) is 6.92 Å². The Morgan fingerprint density at radius 1 is 1.10 bits per heavy atom. The third-order valence-electron chi connectivity index (χ3n) is 5.37. The molecule has 1 unspecified atom stereocenters. The van der Waals surface area contributed by atoms with E-state index in [0.29, 0.717) is 39.6 Å². The van der Waals surface area contributed by atoms with Crippen LogP contribution in [0.1, 0.15) is 34.1 Å². The van der Waals surface area contributed by atoms with E-state index >= 15 is 0 Å². The van der Waals surface area contributed by atoms with Crippen LogP contribution in [-0.4, -0.2) is 49.3 Å². The standard InChI is InChI=1S/C29H30N6O6S/c1-5-14-42(38)35-21-12-8-19(9-13-21)23-16-32-27(39-28(30)37)26(33-23)24-15-22(34-41-24)18-6-10-20(11-7-18)31-17-25(36)40-29(2,3)4/h6-13,15-17,35H,5,14H2,1-4H3,(H2,30,37). The third-order valence-corrected chi connectivity index (χ3v) is 6.61. The van der Waals surface area contributed by atoms with Crippen LogP contribution in [0, 0.1) is 0 Å². The number of nitrogens with zero attached hydrogens (tertiary/aromatic N) is 4. The van der Waals surface area contributed by atoms with E-state index in [-0.39, 0.29) is 17.3 Å². The second kappa shape index (κ2) is 13.3. The lowest BCUT2D eigenvalue weighted by atomic mass is 10.1. The molecular weight excluding hydrogens is 560 g/mol. The summed E-state index contributed by atoms with van der Waals surface area (Å²) in [4.78, 5) is 36.4. The molecule has 218 valence electrons. The molecule has 0 aliphatic heterocycles. The van der Waals surface area contributed by atoms with Crippen molar-refractivity contribution < 1.29 is 28.1 Å². The van der Waals surface area contributed by atoms with Crippen molar-refractivity contribution in [2.75, 3.05) is 10.5 Å². The van der Waals surface area contributed by atoms with Crippen molar-refractivity contribution in [3.8, 4) is 39.8 Å². The normalized spacial score (nSPS) is 12.2. The van der Waals surface area contributed by atoms with Gasteiger partial charge in [-0.25, -0.2) is 29.3 Å². The van der Waals surface area contributed by atoms with E-state index in [0.717, 1.165) is 12.6 Å². The number of nitrogens with one attached hydrogen (secondary N) is 1. The number of amides is 1. The zero-order valence-electron chi connectivity index (χ0n) is 23.5. The first-order valence-corrected chi connectivity index (χ1v) is 14.3. The van der Waals surface area contributed by atoms with Gasteiger partial charge in [0.05, 0.1) is 34.6 Å². The Labute approximate surface area is 245 Å². The lowest BCUT2D eigenvalue weighted by Crippen LogP contribution is -2.24. The molecule has 12 nitrogen and oxygen atoms in total. The topological polar surface area (TPSA) is 178 Å². The lowest BCUT2D eigenvalue weighted by molar-refractivity contribution is -0.145. The van der Waals surface area contributed by atoms with E-state index in [2.05, 4.69) is 24.8 Å². The first-order chi connectivity index (χ1) is 20.0. The van der Waals surface area contributed by atoms with E-state index in [1.54, 1.807) is 75.4 Å². The van der Waals surface area contributed by atoms with Crippen LogP contribution in [0.4, 0.5) is 16.2 Å². The number of ether oxygens (including phenoxy) is 2. The molecule has 4 aromatic rings. The molecule has 13 heteroatoms. The van der Waals surface area contributed by atoms with Crippen molar-refractivity contribution in [3.05, 3.63) is 60.8 Å². The minimum Gasteiger partial charge on any atom is -0.593 e. The predicted molar refractivity (Wildman–Crippen MR) is 160 cm³/mol. The van der Waals surface area contributed by atoms with Gasteiger partial charge >= 0.3 is 12.1 Å². The number of anilines is 1. The van der Waals surface area contributed by atoms with Crippen LogP contribution in [0.25, 0.3) is 34.0 Å². The fraction of sp³-hybridized carbons (Fsp3) is 0.241. The van der Waals surface area contributed by atoms with Gasteiger partial charge in [-0.2, -0.15) is 0 Å². The highest BCUT2D eigenvalue weighted by Gasteiger charge is 2.20. The van der Waals surface area contributed by atoms with Crippen LogP contribution in [0.3, 0.4) is 0 Å². The van der Waals surface area contributed by atoms with Crippen molar-refractivity contribution in [2.24, 2.45) is 10.7 Å². The molecule has 0 radical (unpaired) electrons. The van der Waals surface area contributed by atoms with Crippen LogP contribution in [0.5, 0.6) is 5.88 Å². The largest absolute Gasteiger partial charge is 0.593 e. The zero-order valence-corrected chi connectivity index (χ0v) is 24.3. The number of benzene rings is 2. The summed E-state index contributed by atoms with van der Waals surface area (Å²) >= 11 is -1.16. The molecule has 1 amide bonds. The summed E-state index contributed by atoms with van der Waals surface area (Å²) in [5.74, 6) is 0.0504. The smallest absolute Gasteiger partial charge is 0.411 e. The van der Waals surface area contributed by atoms with E-state index in [1.165, 1.54) is 6.20 Å². The van der Waals surface area contributed by atoms with Gasteiger partial charge in [0.15, 0.2) is 11.5 Å². The summed E-state index contributed by atoms with van der Waals surface area (Å²) < 4.78 is 30.8. The van der Waals surface area contributed by atoms with Crippen molar-refractivity contribution >= 4 is 41.0 Å². The molecule has 0 fully saturated rings. The molecule has 1 atom stereocenters. The highest BCUT2D eigenvalue weighted by molar-refractivity contribution is 7.92. The van der Waals surface area contributed by atoms with Crippen molar-refractivity contribution in [1.29, 1.82) is 0 Å². The fourth-order valence-electron chi connectivity index (χ4n) is 3.62. The molecule has 0 aliphatic rings. The number of aromatic nitrogens is 3. The number of hydrogen-bond acceptors (Lipinski definition) is 11. The zero-order chi connectivity index (χ0) is 30.3. The number of aliphatic imine (C=N–C) groups is 1. The third kappa shape index (κ3) is 8.38. The maximum Gasteiger partial charge on any atom is 0.411 e. The van der Waals surface area contributed by atoms with Gasteiger partial charge in [0, 0.05) is 17.2 Å². The van der Waals surface area contributed by atoms with Gasteiger partial charge in [-0.15, -0.1) is 0 Å². The molecule has 0 saturated carbocycles. The lowest BCUT2D eigenvalue weighted by Gasteiger charge is -2.17. The Kier molecular flexibility index (Phi) is 9.55. The Bertz CT molecular complexity index is 1560. The summed E-state index contributed by atoms with van der Waals surface area (Å²) in [5, 5.41) is 4.12. The van der Waals surface area contributed by atoms with Crippen LogP contribution in [-0.2, 0) is 20.9 Å². The van der Waals surface area contributed by atoms with Gasteiger partial charge in [0.1, 0.15) is 23.3 Å². The number of carbonyl (C=O) groups is 2. The maximum atomic E-state index is 12.0. The molecule has 0 saturated heterocycles. The molecule has 3 N–H and O–H groups in total. The first-order valence-electron chi connectivity index (χ1n) is 12.9. The average Bonchev–Trinajstić information content (AvgIpc) is 3.42. The minimum absolute atomic E-state index is 0.120. The summed E-state index contributed by atoms with van der Waals surface area (Å²) in [6.07, 6.45) is 2.30. The molecule has 0 bridgehead atoms. The second-order valence-electron chi connectivity index (χ2n) is 9.97. The van der Waals surface area contributed by atoms with Crippen LogP contribution >= 0.6 is 0 Å². The summed E-state index contributed by atoms with van der Waals surface area (Å²) in [5.41, 5.74) is 8.34. The quantitative estimate of drug-likeness (QED) is 0.137. The number of nitrogens with two attached hydrogens (primary N) is 1. The monoisotopic (exact) mass is 590 g/mol. The van der Waals surface area contributed by atoms with E-state index in [9.17, 15) is 14.1 Å². The fourth-order valence-corrected chi connectivity index (χ4v) is 4.49. The van der Waals surface area contributed by atoms with Crippen molar-refractivity contribution in [3.63, 3.8) is 0 Å². The molecule has 42 heavy (non-hydrogen) atoms. The number of primary amides is 1. The Hall–Kier alpha value is -4.75. The molecular formula is C29H30N6O6S. The Balaban J connectivity index is 1.56. The van der Waals surface area contributed by atoms with Gasteiger partial charge < -0.3 is 24.3 Å². The highest BCUT2D eigenvalue weighted by atomic mass is 32.2. The van der Waals surface area contributed by atoms with E-state index in [4.69, 9.17) is 19.7 Å². The van der Waals surface area contributed by atoms with Gasteiger partial charge in [-0.1, -0.05) is 36.3 Å². The molecule has 2 aromatic heterocycles. The van der Waals surface area contributed by atoms with E-state index < -0.39 is 29.0 Å². The molecule has 2 aromatic carbocycles. The van der Waals surface area contributed by atoms with Gasteiger partial charge in [-0.05, 0) is 51.5 Å². The van der Waals surface area contributed by atoms with Crippen LogP contribution in [0.15, 0.2) is 70.3 Å². The summed E-state index contributed by atoms with van der Waals surface area (Å²) in [7, 11) is 0. The maximum absolute atomic E-state index is 12.0. The van der Waals surface area contributed by atoms with Crippen molar-refractivity contribution in [1.82, 2.24) is 15.1 Å². The predicted octanol–water partition coefficient (Wildman–Crippen LogP) is 5.45. The van der Waals surface area contributed by atoms with Crippen LogP contribution in [0.2, 0.25) is 0 Å². The Morgan fingerprint density at radius 2 is 1.76 bits per heavy atom. The molecule has 0 spiro atoms. The molecule has 0 aliphatic carbocycles. The average molecular weight is 591 g/mol. The number of esters is 1. The SMILES string of the molecule is CCC[S+]([O-])Nc1ccc(-c2cnc(OC(N)=O)c(-c3cc(-c4ccc(N=CC(=O)OC(C)(C)C)cc4)no3)n2)cc1. The molecule has 4 rings (SSSR count). The summed E-state index contributed by atoms with van der Waals surface area (Å²) in [6, 6.07) is 15.7. The number of rotatable bonds is 10. The van der Waals surface area contributed by atoms with Gasteiger partial charge in [0.25, 0.3) is 5.88 Å². The Morgan fingerprint density at radius 3 is 2.40 bits per heavy atom. The summed E-state index contributed by atoms with van der Waals surface area (Å²) in [6.45, 7) is 7.29. The number of carbonyl (C=O) groups excluding carboxylic acids is 2. The van der Waals surface area contributed by atoms with Crippen LogP contribution < -0.4 is 15.2 Å². The molecule has 2 heterocycles.